The third kappa shape index (κ3) is 8.31. The minimum Gasteiger partial charge on any atom is -0.543 e. The molecule has 0 radical (unpaired) electrons. The Bertz CT molecular complexity index is 2410. The number of halogens is 3. The van der Waals surface area contributed by atoms with Gasteiger partial charge < -0.3 is 23.9 Å². The standard InChI is InChI=1S/C49H62BrF2N5O4Si/c1-9-38-41(51)17-12-33-24-37(61-62(30(2)3,31(4)5)32(6)7)25-39(42(33)38)44-43(52)45-40(26-53-44)46(56-22-10-19-48(8,58)28-56)55-47(54-45)60-29-49-20-11-23-57(49)35(18-21-49)27-59-36-15-13-34(50)14-16-36/h12-17,24-26,30-32,35,58H,9-11,18-23,27-29H2,1-8H3/t35-,48+,49-/m0/s1. The number of hydrogen-bond donors (Lipinski definition) is 1. The molecule has 5 aromatic rings. The fraction of sp³-hybridized carbons (Fsp3) is 0.531. The van der Waals surface area contributed by atoms with E-state index in [0.29, 0.717) is 89.2 Å². The molecule has 5 heterocycles. The lowest BCUT2D eigenvalue weighted by Crippen LogP contribution is -2.50. The van der Waals surface area contributed by atoms with Crippen LogP contribution >= 0.6 is 15.9 Å². The zero-order valence-electron chi connectivity index (χ0n) is 37.5. The highest BCUT2D eigenvalue weighted by atomic mass is 79.9. The summed E-state index contributed by atoms with van der Waals surface area (Å²) in [6.07, 6.45) is 7.34. The van der Waals surface area contributed by atoms with Gasteiger partial charge in [-0.05, 0) is 134 Å². The molecule has 3 saturated heterocycles. The van der Waals surface area contributed by atoms with Gasteiger partial charge in [0, 0.05) is 35.4 Å². The summed E-state index contributed by atoms with van der Waals surface area (Å²) in [4.78, 5) is 19.1. The van der Waals surface area contributed by atoms with Gasteiger partial charge in [0.05, 0.1) is 16.5 Å². The lowest BCUT2D eigenvalue weighted by atomic mass is 9.94. The highest BCUT2D eigenvalue weighted by Crippen LogP contribution is 2.47. The van der Waals surface area contributed by atoms with Crippen LogP contribution in [0.5, 0.6) is 17.5 Å². The molecule has 332 valence electrons. The molecule has 0 amide bonds. The van der Waals surface area contributed by atoms with Crippen LogP contribution in [0.25, 0.3) is 32.9 Å². The third-order valence-corrected chi connectivity index (χ3v) is 20.7. The molecule has 3 aliphatic heterocycles. The molecule has 3 fully saturated rings. The number of pyridine rings is 1. The van der Waals surface area contributed by atoms with Crippen LogP contribution in [0, 0.1) is 11.6 Å². The molecule has 8 rings (SSSR count). The van der Waals surface area contributed by atoms with Crippen LogP contribution in [-0.2, 0) is 6.42 Å². The lowest BCUT2D eigenvalue weighted by molar-refractivity contribution is 0.0446. The molecule has 2 aromatic heterocycles. The Balaban J connectivity index is 1.21. The van der Waals surface area contributed by atoms with Crippen LogP contribution in [0.1, 0.15) is 99.5 Å². The van der Waals surface area contributed by atoms with E-state index >= 15 is 8.78 Å². The van der Waals surface area contributed by atoms with Gasteiger partial charge in [0.1, 0.15) is 47.6 Å². The Hall–Kier alpha value is -3.91. The van der Waals surface area contributed by atoms with Gasteiger partial charge in [0.25, 0.3) is 8.32 Å². The van der Waals surface area contributed by atoms with E-state index in [1.54, 1.807) is 12.3 Å². The first kappa shape index (κ1) is 44.7. The van der Waals surface area contributed by atoms with Crippen molar-refractivity contribution in [3.8, 4) is 28.8 Å². The second-order valence-electron chi connectivity index (χ2n) is 19.2. The number of anilines is 1. The molecule has 1 N–H and O–H groups in total. The van der Waals surface area contributed by atoms with E-state index in [1.165, 1.54) is 6.07 Å². The van der Waals surface area contributed by atoms with E-state index in [4.69, 9.17) is 28.9 Å². The quantitative estimate of drug-likeness (QED) is 0.109. The number of ether oxygens (including phenoxy) is 2. The molecule has 3 aromatic carbocycles. The fourth-order valence-electron chi connectivity index (χ4n) is 11.3. The summed E-state index contributed by atoms with van der Waals surface area (Å²) >= 11 is 3.50. The van der Waals surface area contributed by atoms with E-state index in [9.17, 15) is 5.11 Å². The maximum atomic E-state index is 17.8. The van der Waals surface area contributed by atoms with Crippen LogP contribution < -0.4 is 18.8 Å². The molecular weight excluding hydrogens is 869 g/mol. The Kier molecular flexibility index (Phi) is 12.7. The molecule has 62 heavy (non-hydrogen) atoms. The second-order valence-corrected chi connectivity index (χ2v) is 25.5. The number of aliphatic hydroxyl groups is 1. The van der Waals surface area contributed by atoms with Gasteiger partial charge in [-0.1, -0.05) is 70.5 Å². The second kappa shape index (κ2) is 17.6. The topological polar surface area (TPSA) is 93.1 Å². The number of hydrogen-bond acceptors (Lipinski definition) is 9. The molecule has 0 saturated carbocycles. The van der Waals surface area contributed by atoms with Gasteiger partial charge in [0.2, 0.25) is 0 Å². The maximum absolute atomic E-state index is 17.8. The lowest BCUT2D eigenvalue weighted by Gasteiger charge is -2.42. The maximum Gasteiger partial charge on any atom is 0.319 e. The van der Waals surface area contributed by atoms with E-state index in [-0.39, 0.29) is 34.6 Å². The summed E-state index contributed by atoms with van der Waals surface area (Å²) in [5.74, 6) is 0.950. The van der Waals surface area contributed by atoms with Gasteiger partial charge in [-0.15, -0.1) is 0 Å². The Morgan fingerprint density at radius 3 is 2.32 bits per heavy atom. The number of piperidine rings is 1. The predicted octanol–water partition coefficient (Wildman–Crippen LogP) is 11.8. The molecular formula is C49H62BrF2N5O4Si. The van der Waals surface area contributed by atoms with E-state index in [1.807, 2.05) is 55.1 Å². The number of fused-ring (bicyclic) bond motifs is 3. The van der Waals surface area contributed by atoms with Crippen molar-refractivity contribution < 1.29 is 27.8 Å². The van der Waals surface area contributed by atoms with Crippen molar-refractivity contribution in [1.29, 1.82) is 0 Å². The molecule has 0 aliphatic carbocycles. The third-order valence-electron chi connectivity index (χ3n) is 14.1. The van der Waals surface area contributed by atoms with E-state index in [2.05, 4.69) is 62.4 Å². The van der Waals surface area contributed by atoms with Crippen molar-refractivity contribution in [3.63, 3.8) is 0 Å². The predicted molar refractivity (Wildman–Crippen MR) is 250 cm³/mol. The number of benzene rings is 3. The molecule has 13 heteroatoms. The number of aryl methyl sites for hydroxylation is 1. The van der Waals surface area contributed by atoms with Crippen LogP contribution in [-0.4, -0.2) is 83.3 Å². The highest BCUT2D eigenvalue weighted by molar-refractivity contribution is 9.10. The monoisotopic (exact) mass is 929 g/mol. The van der Waals surface area contributed by atoms with Crippen LogP contribution in [0.4, 0.5) is 14.6 Å². The number of rotatable bonds is 14. The van der Waals surface area contributed by atoms with Gasteiger partial charge in [-0.2, -0.15) is 9.97 Å². The average Bonchev–Trinajstić information content (AvgIpc) is 3.80. The molecule has 3 atom stereocenters. The Morgan fingerprint density at radius 2 is 1.63 bits per heavy atom. The van der Waals surface area contributed by atoms with E-state index < -0.39 is 19.7 Å². The number of nitrogens with zero attached hydrogens (tertiary/aromatic N) is 5. The molecule has 0 spiro atoms. The van der Waals surface area contributed by atoms with Crippen molar-refractivity contribution in [3.05, 3.63) is 76.4 Å². The minimum atomic E-state index is -2.44. The van der Waals surface area contributed by atoms with Gasteiger partial charge >= 0.3 is 6.01 Å². The average molecular weight is 931 g/mol. The molecule has 3 aliphatic rings. The van der Waals surface area contributed by atoms with Crippen molar-refractivity contribution in [1.82, 2.24) is 19.9 Å². The highest BCUT2D eigenvalue weighted by Gasteiger charge is 2.50. The smallest absolute Gasteiger partial charge is 0.319 e. The van der Waals surface area contributed by atoms with Crippen molar-refractivity contribution in [2.75, 3.05) is 37.7 Å². The molecule has 0 unspecified atom stereocenters. The molecule has 0 bridgehead atoms. The van der Waals surface area contributed by atoms with Crippen molar-refractivity contribution >= 4 is 51.7 Å². The van der Waals surface area contributed by atoms with Gasteiger partial charge in [-0.25, -0.2) is 8.78 Å². The molecule has 9 nitrogen and oxygen atoms in total. The van der Waals surface area contributed by atoms with Crippen LogP contribution in [0.2, 0.25) is 16.6 Å². The van der Waals surface area contributed by atoms with Gasteiger partial charge in [-0.3, -0.25) is 9.88 Å². The number of aromatic nitrogens is 3. The normalized spacial score (nSPS) is 22.1. The summed E-state index contributed by atoms with van der Waals surface area (Å²) in [5, 5.41) is 13.0. The Labute approximate surface area is 374 Å². The van der Waals surface area contributed by atoms with Crippen molar-refractivity contribution in [2.24, 2.45) is 0 Å². The first-order chi connectivity index (χ1) is 29.6. The first-order valence-electron chi connectivity index (χ1n) is 22.6. The first-order valence-corrected chi connectivity index (χ1v) is 25.5. The minimum absolute atomic E-state index is 0.0605. The zero-order valence-corrected chi connectivity index (χ0v) is 40.1. The Morgan fingerprint density at radius 1 is 0.903 bits per heavy atom. The summed E-state index contributed by atoms with van der Waals surface area (Å²) in [5.41, 5.74) is 0.811. The summed E-state index contributed by atoms with van der Waals surface area (Å²) < 4.78 is 54.5. The van der Waals surface area contributed by atoms with E-state index in [0.717, 1.165) is 54.3 Å². The summed E-state index contributed by atoms with van der Waals surface area (Å²) in [7, 11) is -2.44. The zero-order chi connectivity index (χ0) is 44.1. The SMILES string of the molecule is CCc1c(F)ccc2cc(O[Si](C(C)C)(C(C)C)C(C)C)cc(-c3ncc4c(N5CCC[C@@](C)(O)C5)nc(OC[C@@]56CCCN5[C@H](COc5ccc(Br)cc5)CC6)nc4c3F)c12. The van der Waals surface area contributed by atoms with Gasteiger partial charge in [0.15, 0.2) is 5.82 Å². The number of β-amino-alcohol motifs (C(OH)–C–C–N with tert-alkyl or cyclic N) is 1. The van der Waals surface area contributed by atoms with Crippen LogP contribution in [0.15, 0.2) is 59.2 Å². The summed E-state index contributed by atoms with van der Waals surface area (Å²) in [6, 6.07) is 15.3. The largest absolute Gasteiger partial charge is 0.543 e. The summed E-state index contributed by atoms with van der Waals surface area (Å²) in [6.45, 7) is 19.9. The van der Waals surface area contributed by atoms with Crippen LogP contribution in [0.3, 0.4) is 0 Å². The van der Waals surface area contributed by atoms with Crippen molar-refractivity contribution in [2.45, 2.75) is 134 Å². The fourth-order valence-corrected chi connectivity index (χ4v) is 16.8.